The van der Waals surface area contributed by atoms with E-state index in [1.54, 1.807) is 6.33 Å². The molecule has 0 spiro atoms. The molecular weight excluding hydrogens is 288 g/mol. The largest absolute Gasteiger partial charge is 0.387 e. The highest BCUT2D eigenvalue weighted by Gasteiger charge is 2.48. The van der Waals surface area contributed by atoms with Gasteiger partial charge in [-0.25, -0.2) is 9.97 Å². The summed E-state index contributed by atoms with van der Waals surface area (Å²) in [5.74, 6) is 1.71. The molecule has 0 amide bonds. The van der Waals surface area contributed by atoms with Gasteiger partial charge in [0.1, 0.15) is 17.8 Å². The first-order valence-electron chi connectivity index (χ1n) is 9.02. The summed E-state index contributed by atoms with van der Waals surface area (Å²) in [6, 6.07) is 1.99. The fourth-order valence-electron chi connectivity index (χ4n) is 4.22. The molecule has 0 saturated heterocycles. The fraction of sp³-hybridized carbons (Fsp3) is 0.667. The molecule has 2 aromatic rings. The predicted molar refractivity (Wildman–Crippen MR) is 91.2 cm³/mol. The summed E-state index contributed by atoms with van der Waals surface area (Å²) in [6.07, 6.45) is 13.3. The molecule has 4 rings (SSSR count). The van der Waals surface area contributed by atoms with E-state index in [4.69, 9.17) is 0 Å². The molecule has 3 N–H and O–H groups in total. The van der Waals surface area contributed by atoms with Crippen LogP contribution in [0.5, 0.6) is 0 Å². The van der Waals surface area contributed by atoms with Gasteiger partial charge in [0.2, 0.25) is 0 Å². The van der Waals surface area contributed by atoms with Crippen LogP contribution in [0, 0.1) is 11.8 Å². The zero-order chi connectivity index (χ0) is 15.7. The van der Waals surface area contributed by atoms with Crippen LogP contribution in [-0.4, -0.2) is 32.2 Å². The van der Waals surface area contributed by atoms with Crippen LogP contribution in [0.3, 0.4) is 0 Å². The summed E-state index contributed by atoms with van der Waals surface area (Å²) in [7, 11) is 0. The minimum atomic E-state index is -0.585. The molecule has 2 aliphatic carbocycles. The van der Waals surface area contributed by atoms with Crippen molar-refractivity contribution in [3.63, 3.8) is 0 Å². The lowest BCUT2D eigenvalue weighted by atomic mass is 9.78. The smallest absolute Gasteiger partial charge is 0.142 e. The molecule has 23 heavy (non-hydrogen) atoms. The summed E-state index contributed by atoms with van der Waals surface area (Å²) in [5, 5.41) is 15.9. The second kappa shape index (κ2) is 6.11. The lowest BCUT2D eigenvalue weighted by Gasteiger charge is -2.37. The van der Waals surface area contributed by atoms with E-state index in [0.717, 1.165) is 42.5 Å². The van der Waals surface area contributed by atoms with Crippen molar-refractivity contribution in [2.75, 3.05) is 11.9 Å². The SMILES string of the molecule is OC(CNc1ncnc2[nH]ccc12)(C1CCCCCC1)C1CC1. The average Bonchev–Trinajstić information content (AvgIpc) is 3.36. The predicted octanol–water partition coefficient (Wildman–Crippen LogP) is 3.48. The number of nitrogens with one attached hydrogen (secondary N) is 2. The minimum Gasteiger partial charge on any atom is -0.387 e. The van der Waals surface area contributed by atoms with E-state index in [2.05, 4.69) is 20.3 Å². The van der Waals surface area contributed by atoms with Gasteiger partial charge in [0.15, 0.2) is 0 Å². The summed E-state index contributed by atoms with van der Waals surface area (Å²) < 4.78 is 0. The monoisotopic (exact) mass is 314 g/mol. The Morgan fingerprint density at radius 2 is 1.83 bits per heavy atom. The Morgan fingerprint density at radius 3 is 2.57 bits per heavy atom. The van der Waals surface area contributed by atoms with Gasteiger partial charge < -0.3 is 15.4 Å². The number of aromatic nitrogens is 3. The van der Waals surface area contributed by atoms with Gasteiger partial charge in [-0.15, -0.1) is 0 Å². The van der Waals surface area contributed by atoms with Crippen LogP contribution >= 0.6 is 0 Å². The van der Waals surface area contributed by atoms with E-state index in [1.165, 1.54) is 25.7 Å². The topological polar surface area (TPSA) is 73.8 Å². The summed E-state index contributed by atoms with van der Waals surface area (Å²) >= 11 is 0. The molecule has 2 heterocycles. The second-order valence-corrected chi connectivity index (χ2v) is 7.27. The summed E-state index contributed by atoms with van der Waals surface area (Å²) in [4.78, 5) is 11.7. The molecule has 1 unspecified atom stereocenters. The van der Waals surface area contributed by atoms with Gasteiger partial charge in [0.05, 0.1) is 11.0 Å². The van der Waals surface area contributed by atoms with Crippen molar-refractivity contribution >= 4 is 16.9 Å². The Balaban J connectivity index is 1.53. The summed E-state index contributed by atoms with van der Waals surface area (Å²) in [6.45, 7) is 0.597. The zero-order valence-corrected chi connectivity index (χ0v) is 13.6. The lowest BCUT2D eigenvalue weighted by molar-refractivity contribution is -0.0330. The van der Waals surface area contributed by atoms with Crippen molar-refractivity contribution in [2.24, 2.45) is 11.8 Å². The Kier molecular flexibility index (Phi) is 3.97. The van der Waals surface area contributed by atoms with Crippen molar-refractivity contribution in [3.8, 4) is 0 Å². The Labute approximate surface area is 136 Å². The number of aliphatic hydroxyl groups is 1. The molecule has 2 fully saturated rings. The highest BCUT2D eigenvalue weighted by molar-refractivity contribution is 5.86. The first kappa shape index (κ1) is 14.9. The highest BCUT2D eigenvalue weighted by atomic mass is 16.3. The third-order valence-electron chi connectivity index (χ3n) is 5.74. The fourth-order valence-corrected chi connectivity index (χ4v) is 4.22. The standard InChI is InChI=1S/C18H26N4O/c23-18(14-7-8-14,13-5-3-1-2-4-6-13)11-20-17-15-9-10-19-16(15)21-12-22-17/h9-10,12-14,23H,1-8,11H2,(H2,19,20,21,22). The third kappa shape index (κ3) is 2.94. The molecule has 0 aromatic carbocycles. The quantitative estimate of drug-likeness (QED) is 0.739. The van der Waals surface area contributed by atoms with Crippen molar-refractivity contribution in [1.29, 1.82) is 0 Å². The van der Waals surface area contributed by atoms with Crippen LogP contribution in [0.15, 0.2) is 18.6 Å². The number of anilines is 1. The van der Waals surface area contributed by atoms with Crippen molar-refractivity contribution in [3.05, 3.63) is 18.6 Å². The summed E-state index contributed by atoms with van der Waals surface area (Å²) in [5.41, 5.74) is 0.254. The minimum absolute atomic E-state index is 0.425. The van der Waals surface area contributed by atoms with E-state index in [9.17, 15) is 5.11 Å². The van der Waals surface area contributed by atoms with Crippen LogP contribution in [0.4, 0.5) is 5.82 Å². The molecule has 2 saturated carbocycles. The van der Waals surface area contributed by atoms with E-state index < -0.39 is 5.60 Å². The van der Waals surface area contributed by atoms with Crippen molar-refractivity contribution in [1.82, 2.24) is 15.0 Å². The average molecular weight is 314 g/mol. The van der Waals surface area contributed by atoms with Gasteiger partial charge >= 0.3 is 0 Å². The number of rotatable bonds is 5. The van der Waals surface area contributed by atoms with Gasteiger partial charge in [-0.1, -0.05) is 25.7 Å². The number of aromatic amines is 1. The maximum Gasteiger partial charge on any atom is 0.142 e. The van der Waals surface area contributed by atoms with E-state index in [1.807, 2.05) is 12.3 Å². The van der Waals surface area contributed by atoms with Crippen LogP contribution in [-0.2, 0) is 0 Å². The molecule has 0 radical (unpaired) electrons. The van der Waals surface area contributed by atoms with Crippen LogP contribution in [0.1, 0.15) is 51.4 Å². The van der Waals surface area contributed by atoms with Gasteiger partial charge in [0, 0.05) is 12.7 Å². The zero-order valence-electron chi connectivity index (χ0n) is 13.6. The van der Waals surface area contributed by atoms with Gasteiger partial charge in [-0.05, 0) is 43.6 Å². The molecule has 0 bridgehead atoms. The van der Waals surface area contributed by atoms with E-state index in [0.29, 0.717) is 18.4 Å². The Hall–Kier alpha value is -1.62. The number of hydrogen-bond donors (Lipinski definition) is 3. The van der Waals surface area contributed by atoms with Gasteiger partial charge in [-0.3, -0.25) is 0 Å². The molecule has 1 atom stereocenters. The van der Waals surface area contributed by atoms with E-state index >= 15 is 0 Å². The maximum atomic E-state index is 11.5. The highest BCUT2D eigenvalue weighted by Crippen LogP contribution is 2.47. The first-order valence-corrected chi connectivity index (χ1v) is 9.02. The van der Waals surface area contributed by atoms with Crippen LogP contribution in [0.2, 0.25) is 0 Å². The first-order chi connectivity index (χ1) is 11.3. The second-order valence-electron chi connectivity index (χ2n) is 7.27. The molecule has 2 aromatic heterocycles. The molecule has 5 heteroatoms. The number of nitrogens with zero attached hydrogens (tertiary/aromatic N) is 2. The molecule has 2 aliphatic rings. The van der Waals surface area contributed by atoms with Gasteiger partial charge in [-0.2, -0.15) is 0 Å². The molecule has 124 valence electrons. The van der Waals surface area contributed by atoms with Crippen LogP contribution < -0.4 is 5.32 Å². The maximum absolute atomic E-state index is 11.5. The number of H-pyrrole nitrogens is 1. The van der Waals surface area contributed by atoms with E-state index in [-0.39, 0.29) is 0 Å². The van der Waals surface area contributed by atoms with Crippen LogP contribution in [0.25, 0.3) is 11.0 Å². The van der Waals surface area contributed by atoms with Crippen molar-refractivity contribution in [2.45, 2.75) is 57.0 Å². The Bertz CT molecular complexity index is 658. The lowest BCUT2D eigenvalue weighted by Crippen LogP contribution is -2.46. The molecular formula is C18H26N4O. The molecule has 5 nitrogen and oxygen atoms in total. The van der Waals surface area contributed by atoms with Crippen molar-refractivity contribution < 1.29 is 5.11 Å². The normalized spacial score (nSPS) is 22.7. The third-order valence-corrected chi connectivity index (χ3v) is 5.74. The number of hydrogen-bond acceptors (Lipinski definition) is 4. The van der Waals surface area contributed by atoms with Gasteiger partial charge in [0.25, 0.3) is 0 Å². The Morgan fingerprint density at radius 1 is 1.09 bits per heavy atom. The number of fused-ring (bicyclic) bond motifs is 1. The molecule has 0 aliphatic heterocycles.